The number of carbonyl (C=O) groups excluding carboxylic acids is 1. The molecule has 1 fully saturated rings. The van der Waals surface area contributed by atoms with E-state index in [0.717, 1.165) is 25.1 Å². The van der Waals surface area contributed by atoms with Crippen LogP contribution in [-0.2, 0) is 4.79 Å². The number of benzene rings is 1. The van der Waals surface area contributed by atoms with Crippen molar-refractivity contribution in [3.05, 3.63) is 30.1 Å². The lowest BCUT2D eigenvalue weighted by Crippen LogP contribution is -2.33. The van der Waals surface area contributed by atoms with Crippen LogP contribution >= 0.6 is 12.4 Å². The number of rotatable bonds is 3. The molecule has 1 aromatic carbocycles. The van der Waals surface area contributed by atoms with E-state index < -0.39 is 0 Å². The number of nitrogens with one attached hydrogen (secondary N) is 1. The Labute approximate surface area is 113 Å². The fourth-order valence-corrected chi connectivity index (χ4v) is 2.09. The molecule has 1 saturated heterocycles. The van der Waals surface area contributed by atoms with Gasteiger partial charge in [0.25, 0.3) is 0 Å². The first-order valence-corrected chi connectivity index (χ1v) is 5.92. The summed E-state index contributed by atoms with van der Waals surface area (Å²) in [7, 11) is 1.73. The van der Waals surface area contributed by atoms with Crippen LogP contribution in [0, 0.1) is 5.82 Å². The maximum Gasteiger partial charge on any atom is 0.228 e. The Morgan fingerprint density at radius 2 is 2.11 bits per heavy atom. The Kier molecular flexibility index (Phi) is 5.56. The first-order valence-electron chi connectivity index (χ1n) is 5.92. The number of nitrogens with zero attached hydrogens (tertiary/aromatic N) is 1. The zero-order valence-electron chi connectivity index (χ0n) is 10.4. The maximum absolute atomic E-state index is 12.8. The van der Waals surface area contributed by atoms with Gasteiger partial charge in [-0.2, -0.15) is 0 Å². The standard InChI is InChI=1S/C13H17FN2O.ClH/c1-16(12-6-4-10(14)5-7-12)13(17)9-11-3-2-8-15-11;/h4-7,11,15H,2-3,8-9H2,1H3;1H. The van der Waals surface area contributed by atoms with E-state index in [1.807, 2.05) is 0 Å². The van der Waals surface area contributed by atoms with Gasteiger partial charge in [-0.3, -0.25) is 4.79 Å². The maximum atomic E-state index is 12.8. The van der Waals surface area contributed by atoms with Crippen molar-refractivity contribution in [3.8, 4) is 0 Å². The van der Waals surface area contributed by atoms with E-state index in [1.54, 1.807) is 24.1 Å². The molecule has 1 N–H and O–H groups in total. The Bertz CT molecular complexity index is 390. The van der Waals surface area contributed by atoms with Crippen LogP contribution in [0.2, 0.25) is 0 Å². The van der Waals surface area contributed by atoms with Gasteiger partial charge < -0.3 is 10.2 Å². The van der Waals surface area contributed by atoms with Crippen LogP contribution in [0.4, 0.5) is 10.1 Å². The second-order valence-corrected chi connectivity index (χ2v) is 4.43. The van der Waals surface area contributed by atoms with Crippen molar-refractivity contribution < 1.29 is 9.18 Å². The summed E-state index contributed by atoms with van der Waals surface area (Å²) in [6.45, 7) is 0.998. The first-order chi connectivity index (χ1) is 8.16. The summed E-state index contributed by atoms with van der Waals surface area (Å²) in [6.07, 6.45) is 2.70. The van der Waals surface area contributed by atoms with Crippen LogP contribution in [-0.4, -0.2) is 25.5 Å². The van der Waals surface area contributed by atoms with E-state index in [2.05, 4.69) is 5.32 Å². The quantitative estimate of drug-likeness (QED) is 0.916. The van der Waals surface area contributed by atoms with Crippen molar-refractivity contribution in [2.45, 2.75) is 25.3 Å². The number of hydrogen-bond acceptors (Lipinski definition) is 2. The largest absolute Gasteiger partial charge is 0.315 e. The second-order valence-electron chi connectivity index (χ2n) is 4.43. The fraction of sp³-hybridized carbons (Fsp3) is 0.462. The van der Waals surface area contributed by atoms with Crippen molar-refractivity contribution in [1.29, 1.82) is 0 Å². The molecule has 1 aliphatic rings. The van der Waals surface area contributed by atoms with Gasteiger partial charge in [0.2, 0.25) is 5.91 Å². The monoisotopic (exact) mass is 272 g/mol. The van der Waals surface area contributed by atoms with Crippen molar-refractivity contribution >= 4 is 24.0 Å². The summed E-state index contributed by atoms with van der Waals surface area (Å²) >= 11 is 0. The van der Waals surface area contributed by atoms with Gasteiger partial charge in [-0.25, -0.2) is 4.39 Å². The second kappa shape index (κ2) is 6.71. The van der Waals surface area contributed by atoms with Crippen molar-refractivity contribution in [3.63, 3.8) is 0 Å². The van der Waals surface area contributed by atoms with Crippen molar-refractivity contribution in [2.24, 2.45) is 0 Å². The van der Waals surface area contributed by atoms with Crippen LogP contribution in [0.15, 0.2) is 24.3 Å². The molecule has 5 heteroatoms. The summed E-state index contributed by atoms with van der Waals surface area (Å²) in [5.74, 6) is -0.219. The smallest absolute Gasteiger partial charge is 0.228 e. The third kappa shape index (κ3) is 3.68. The van der Waals surface area contributed by atoms with E-state index >= 15 is 0 Å². The average Bonchev–Trinajstić information content (AvgIpc) is 2.82. The number of hydrogen-bond donors (Lipinski definition) is 1. The first kappa shape index (κ1) is 14.9. The van der Waals surface area contributed by atoms with E-state index in [9.17, 15) is 9.18 Å². The van der Waals surface area contributed by atoms with Crippen LogP contribution < -0.4 is 10.2 Å². The zero-order chi connectivity index (χ0) is 12.3. The van der Waals surface area contributed by atoms with Gasteiger partial charge in [-0.1, -0.05) is 0 Å². The summed E-state index contributed by atoms with van der Waals surface area (Å²) in [4.78, 5) is 13.6. The molecule has 1 heterocycles. The number of amides is 1. The minimum absolute atomic E-state index is 0. The van der Waals surface area contributed by atoms with Crippen LogP contribution in [0.1, 0.15) is 19.3 Å². The summed E-state index contributed by atoms with van der Waals surface area (Å²) < 4.78 is 12.8. The SMILES string of the molecule is CN(C(=O)CC1CCCN1)c1ccc(F)cc1.Cl. The van der Waals surface area contributed by atoms with E-state index in [4.69, 9.17) is 0 Å². The third-order valence-electron chi connectivity index (χ3n) is 3.17. The average molecular weight is 273 g/mol. The molecule has 1 aromatic rings. The molecule has 0 aliphatic carbocycles. The minimum Gasteiger partial charge on any atom is -0.315 e. The molecule has 3 nitrogen and oxygen atoms in total. The lowest BCUT2D eigenvalue weighted by molar-refractivity contribution is -0.118. The molecule has 0 radical (unpaired) electrons. The predicted molar refractivity (Wildman–Crippen MR) is 72.7 cm³/mol. The van der Waals surface area contributed by atoms with Crippen molar-refractivity contribution in [2.75, 3.05) is 18.5 Å². The highest BCUT2D eigenvalue weighted by atomic mass is 35.5. The zero-order valence-corrected chi connectivity index (χ0v) is 11.2. The lowest BCUT2D eigenvalue weighted by Gasteiger charge is -2.19. The van der Waals surface area contributed by atoms with Gasteiger partial charge in [-0.15, -0.1) is 12.4 Å². The summed E-state index contributed by atoms with van der Waals surface area (Å²) in [6, 6.07) is 6.27. The molecule has 0 bridgehead atoms. The Morgan fingerprint density at radius 3 is 2.67 bits per heavy atom. The Morgan fingerprint density at radius 1 is 1.44 bits per heavy atom. The summed E-state index contributed by atoms with van der Waals surface area (Å²) in [5.41, 5.74) is 0.731. The van der Waals surface area contributed by atoms with Crippen LogP contribution in [0.25, 0.3) is 0 Å². The molecule has 1 unspecified atom stereocenters. The Balaban J connectivity index is 0.00000162. The number of anilines is 1. The highest BCUT2D eigenvalue weighted by molar-refractivity contribution is 5.93. The van der Waals surface area contributed by atoms with Gasteiger partial charge in [0, 0.05) is 25.2 Å². The van der Waals surface area contributed by atoms with Gasteiger partial charge in [0.15, 0.2) is 0 Å². The normalized spacial score (nSPS) is 18.2. The Hall–Kier alpha value is -1.13. The molecule has 18 heavy (non-hydrogen) atoms. The highest BCUT2D eigenvalue weighted by Crippen LogP contribution is 2.16. The third-order valence-corrected chi connectivity index (χ3v) is 3.17. The number of halogens is 2. The highest BCUT2D eigenvalue weighted by Gasteiger charge is 2.20. The molecule has 1 aliphatic heterocycles. The van der Waals surface area contributed by atoms with Crippen molar-refractivity contribution in [1.82, 2.24) is 5.32 Å². The molecular formula is C13H18ClFN2O. The van der Waals surface area contributed by atoms with Gasteiger partial charge in [0.05, 0.1) is 0 Å². The molecule has 100 valence electrons. The molecular weight excluding hydrogens is 255 g/mol. The lowest BCUT2D eigenvalue weighted by atomic mass is 10.1. The fourth-order valence-electron chi connectivity index (χ4n) is 2.09. The van der Waals surface area contributed by atoms with Crippen LogP contribution in [0.5, 0.6) is 0 Å². The topological polar surface area (TPSA) is 32.3 Å². The van der Waals surface area contributed by atoms with E-state index in [-0.39, 0.29) is 24.1 Å². The van der Waals surface area contributed by atoms with Gasteiger partial charge >= 0.3 is 0 Å². The van der Waals surface area contributed by atoms with E-state index in [0.29, 0.717) is 12.5 Å². The molecule has 0 saturated carbocycles. The molecule has 2 rings (SSSR count). The van der Waals surface area contributed by atoms with E-state index in [1.165, 1.54) is 12.1 Å². The van der Waals surface area contributed by atoms with Crippen LogP contribution in [0.3, 0.4) is 0 Å². The van der Waals surface area contributed by atoms with Gasteiger partial charge in [0.1, 0.15) is 5.82 Å². The predicted octanol–water partition coefficient (Wildman–Crippen LogP) is 2.35. The molecule has 1 amide bonds. The van der Waals surface area contributed by atoms with Gasteiger partial charge in [-0.05, 0) is 43.7 Å². The molecule has 1 atom stereocenters. The molecule has 0 spiro atoms. The summed E-state index contributed by atoms with van der Waals surface area (Å²) in [5, 5.41) is 3.30. The molecule has 0 aromatic heterocycles. The number of carbonyl (C=O) groups is 1. The minimum atomic E-state index is -0.285.